The standard InChI is InChI=1S/C3H3N2O/c6-3-1-4-2-5-3/h2H,1H2. The van der Waals surface area contributed by atoms with Gasteiger partial charge in [0.1, 0.15) is 12.9 Å². The second-order valence-electron chi connectivity index (χ2n) is 0.979. The van der Waals surface area contributed by atoms with Crippen LogP contribution < -0.4 is 5.32 Å². The Kier molecular flexibility index (Phi) is 0.602. The van der Waals surface area contributed by atoms with Gasteiger partial charge >= 0.3 is 0 Å². The fraction of sp³-hybridized carbons (Fsp3) is 0.333. The molecule has 0 saturated heterocycles. The molecule has 3 nitrogen and oxygen atoms in total. The quantitative estimate of drug-likeness (QED) is 0.376. The predicted octanol–water partition coefficient (Wildman–Crippen LogP) is -0.841. The predicted molar refractivity (Wildman–Crippen MR) is 20.5 cm³/mol. The third-order valence-electron chi connectivity index (χ3n) is 0.510. The van der Waals surface area contributed by atoms with Gasteiger partial charge in [-0.1, -0.05) is 0 Å². The molecule has 3 heteroatoms. The van der Waals surface area contributed by atoms with Gasteiger partial charge in [0.05, 0.1) is 0 Å². The van der Waals surface area contributed by atoms with Crippen LogP contribution in [-0.4, -0.2) is 18.8 Å². The van der Waals surface area contributed by atoms with Crippen LogP contribution in [0, 0.1) is 0 Å². The largest absolute Gasteiger partial charge is 0.270 e. The molecule has 0 aromatic heterocycles. The second-order valence-corrected chi connectivity index (χ2v) is 0.979. The zero-order valence-electron chi connectivity index (χ0n) is 3.09. The van der Waals surface area contributed by atoms with Crippen molar-refractivity contribution in [1.82, 2.24) is 5.32 Å². The van der Waals surface area contributed by atoms with Crippen molar-refractivity contribution in [3.05, 3.63) is 0 Å². The Morgan fingerprint density at radius 1 is 1.83 bits per heavy atom. The monoisotopic (exact) mass is 83.0 g/mol. The Labute approximate surface area is 35.1 Å². The van der Waals surface area contributed by atoms with Gasteiger partial charge in [0, 0.05) is 0 Å². The Hall–Kier alpha value is -0.860. The molecule has 0 unspecified atom stereocenters. The molecular formula is C3H3N2O. The van der Waals surface area contributed by atoms with E-state index in [9.17, 15) is 4.79 Å². The molecule has 0 aromatic rings. The van der Waals surface area contributed by atoms with Crippen molar-refractivity contribution in [3.63, 3.8) is 0 Å². The van der Waals surface area contributed by atoms with E-state index in [1.165, 1.54) is 6.34 Å². The minimum atomic E-state index is -0.144. The second kappa shape index (κ2) is 1.08. The summed E-state index contributed by atoms with van der Waals surface area (Å²) in [5.41, 5.74) is 0. The summed E-state index contributed by atoms with van der Waals surface area (Å²) in [4.78, 5) is 13.5. The van der Waals surface area contributed by atoms with Crippen LogP contribution >= 0.6 is 0 Å². The maximum atomic E-state index is 9.95. The van der Waals surface area contributed by atoms with Crippen LogP contribution in [-0.2, 0) is 4.79 Å². The minimum Gasteiger partial charge on any atom is -0.270 e. The highest BCUT2D eigenvalue weighted by Crippen LogP contribution is 1.75. The molecule has 0 aromatic carbocycles. The zero-order chi connectivity index (χ0) is 4.41. The van der Waals surface area contributed by atoms with Crippen molar-refractivity contribution >= 4 is 12.2 Å². The average molecular weight is 83.1 g/mol. The van der Waals surface area contributed by atoms with Gasteiger partial charge in [0.25, 0.3) is 5.91 Å². The van der Waals surface area contributed by atoms with Crippen LogP contribution in [0.5, 0.6) is 0 Å². The molecule has 1 amide bonds. The molecule has 6 heavy (non-hydrogen) atoms. The summed E-state index contributed by atoms with van der Waals surface area (Å²) in [6.45, 7) is 0.250. The molecule has 0 fully saturated rings. The first kappa shape index (κ1) is 3.33. The Balaban J connectivity index is 2.52. The van der Waals surface area contributed by atoms with E-state index in [4.69, 9.17) is 0 Å². The van der Waals surface area contributed by atoms with Gasteiger partial charge in [-0.25, -0.2) is 5.32 Å². The van der Waals surface area contributed by atoms with E-state index in [1.807, 2.05) is 0 Å². The smallest absolute Gasteiger partial charge is 0.268 e. The topological polar surface area (TPSA) is 43.5 Å². The number of carbonyl (C=O) groups is 1. The number of nitrogens with zero attached hydrogens (tertiary/aromatic N) is 2. The molecule has 1 radical (unpaired) electrons. The molecule has 0 bridgehead atoms. The molecule has 1 aliphatic rings. The van der Waals surface area contributed by atoms with Gasteiger partial charge in [-0.15, -0.1) is 0 Å². The Bertz CT molecular complexity index is 87.0. The normalized spacial score (nSPS) is 18.3. The van der Waals surface area contributed by atoms with Crippen molar-refractivity contribution in [3.8, 4) is 0 Å². The summed E-state index contributed by atoms with van der Waals surface area (Å²) in [6.07, 6.45) is 1.28. The maximum absolute atomic E-state index is 9.95. The summed E-state index contributed by atoms with van der Waals surface area (Å²) in [7, 11) is 0. The third kappa shape index (κ3) is 0.381. The zero-order valence-corrected chi connectivity index (χ0v) is 3.09. The van der Waals surface area contributed by atoms with Gasteiger partial charge in [0.15, 0.2) is 0 Å². The fourth-order valence-electron chi connectivity index (χ4n) is 0.265. The van der Waals surface area contributed by atoms with Crippen molar-refractivity contribution in [2.75, 3.05) is 6.54 Å². The lowest BCUT2D eigenvalue weighted by Crippen LogP contribution is -2.07. The molecule has 0 spiro atoms. The SMILES string of the molecule is O=C1CN=C[N]1. The number of carbonyl (C=O) groups excluding carboxylic acids is 1. The van der Waals surface area contributed by atoms with E-state index in [2.05, 4.69) is 10.3 Å². The maximum Gasteiger partial charge on any atom is 0.268 e. The van der Waals surface area contributed by atoms with Gasteiger partial charge in [-0.2, -0.15) is 0 Å². The van der Waals surface area contributed by atoms with Crippen LogP contribution in [0.2, 0.25) is 0 Å². The lowest BCUT2D eigenvalue weighted by Gasteiger charge is -1.71. The summed E-state index contributed by atoms with van der Waals surface area (Å²) in [5.74, 6) is -0.144. The summed E-state index contributed by atoms with van der Waals surface area (Å²) in [5, 5.41) is 3.31. The van der Waals surface area contributed by atoms with Crippen molar-refractivity contribution in [2.45, 2.75) is 0 Å². The van der Waals surface area contributed by atoms with Crippen molar-refractivity contribution in [1.29, 1.82) is 0 Å². The van der Waals surface area contributed by atoms with Crippen LogP contribution in [0.3, 0.4) is 0 Å². The highest BCUT2D eigenvalue weighted by atomic mass is 16.2. The first-order valence-electron chi connectivity index (χ1n) is 1.61. The molecular weight excluding hydrogens is 80.0 g/mol. The van der Waals surface area contributed by atoms with Gasteiger partial charge in [-0.05, 0) is 0 Å². The number of hydrogen-bond donors (Lipinski definition) is 0. The summed E-state index contributed by atoms with van der Waals surface area (Å²) >= 11 is 0. The Morgan fingerprint density at radius 3 is 2.83 bits per heavy atom. The fourth-order valence-corrected chi connectivity index (χ4v) is 0.265. The van der Waals surface area contributed by atoms with E-state index in [1.54, 1.807) is 0 Å². The van der Waals surface area contributed by atoms with E-state index in [-0.39, 0.29) is 12.5 Å². The average Bonchev–Trinajstić information content (AvgIpc) is 1.86. The van der Waals surface area contributed by atoms with Gasteiger partial charge in [-0.3, -0.25) is 9.79 Å². The van der Waals surface area contributed by atoms with E-state index < -0.39 is 0 Å². The van der Waals surface area contributed by atoms with Crippen LogP contribution in [0.1, 0.15) is 0 Å². The van der Waals surface area contributed by atoms with E-state index in [0.29, 0.717) is 0 Å². The molecule has 0 N–H and O–H groups in total. The molecule has 0 atom stereocenters. The lowest BCUT2D eigenvalue weighted by molar-refractivity contribution is -0.117. The molecule has 0 aliphatic carbocycles. The number of hydrogen-bond acceptors (Lipinski definition) is 2. The molecule has 1 aliphatic heterocycles. The molecule has 1 rings (SSSR count). The highest BCUT2D eigenvalue weighted by molar-refractivity contribution is 5.93. The molecule has 31 valence electrons. The summed E-state index contributed by atoms with van der Waals surface area (Å²) < 4.78 is 0. The van der Waals surface area contributed by atoms with Gasteiger partial charge in [0.2, 0.25) is 0 Å². The first-order valence-corrected chi connectivity index (χ1v) is 1.61. The third-order valence-corrected chi connectivity index (χ3v) is 0.510. The van der Waals surface area contributed by atoms with Crippen LogP contribution in [0.15, 0.2) is 4.99 Å². The molecule has 1 heterocycles. The lowest BCUT2D eigenvalue weighted by atomic mass is 10.7. The van der Waals surface area contributed by atoms with Crippen LogP contribution in [0.4, 0.5) is 0 Å². The highest BCUT2D eigenvalue weighted by Gasteiger charge is 2.01. The first-order chi connectivity index (χ1) is 2.89. The molecule has 0 saturated carbocycles. The number of aliphatic imine (C=N–C) groups is 1. The summed E-state index contributed by atoms with van der Waals surface area (Å²) in [6, 6.07) is 0. The van der Waals surface area contributed by atoms with Crippen molar-refractivity contribution in [2.24, 2.45) is 4.99 Å². The van der Waals surface area contributed by atoms with E-state index in [0.717, 1.165) is 0 Å². The van der Waals surface area contributed by atoms with Crippen LogP contribution in [0.25, 0.3) is 0 Å². The van der Waals surface area contributed by atoms with Crippen molar-refractivity contribution < 1.29 is 4.79 Å². The minimum absolute atomic E-state index is 0.144. The number of rotatable bonds is 0. The Morgan fingerprint density at radius 2 is 2.67 bits per heavy atom. The number of amides is 1. The van der Waals surface area contributed by atoms with Gasteiger partial charge < -0.3 is 0 Å². The van der Waals surface area contributed by atoms with E-state index >= 15 is 0 Å².